The molecule has 184 valence electrons. The zero-order valence-electron chi connectivity index (χ0n) is 19.5. The van der Waals surface area contributed by atoms with Crippen molar-refractivity contribution in [2.75, 3.05) is 11.1 Å². The van der Waals surface area contributed by atoms with Gasteiger partial charge in [-0.2, -0.15) is 0 Å². The van der Waals surface area contributed by atoms with E-state index in [1.54, 1.807) is 35.7 Å². The molecule has 1 aliphatic rings. The molecule has 3 aromatic heterocycles. The van der Waals surface area contributed by atoms with Gasteiger partial charge >= 0.3 is 0 Å². The highest BCUT2D eigenvalue weighted by Crippen LogP contribution is 2.45. The van der Waals surface area contributed by atoms with E-state index >= 15 is 0 Å². The maximum absolute atomic E-state index is 14.4. The average molecular weight is 500 g/mol. The van der Waals surface area contributed by atoms with E-state index in [1.807, 2.05) is 30.3 Å². The van der Waals surface area contributed by atoms with Gasteiger partial charge in [-0.1, -0.05) is 36.4 Å². The minimum Gasteiger partial charge on any atom is -0.383 e. The number of imidazole rings is 1. The standard InChI is InChI=1S/C27H19F3N6O/c1-27(14-7-3-2-4-8-14)20-23(31)33-25(34-24(20)35-26(27)37)22-18-9-5-6-12-36(18)19(32-22)13-15-16(28)10-11-17(29)21(15)30/h2-12H,13H2,1H3,(H3,31,33,34,35,37). The quantitative estimate of drug-likeness (QED) is 0.351. The molecule has 0 spiro atoms. The Labute approximate surface area is 208 Å². The number of amides is 1. The van der Waals surface area contributed by atoms with Crippen LogP contribution in [0.15, 0.2) is 66.9 Å². The first-order valence-electron chi connectivity index (χ1n) is 11.4. The number of carbonyl (C=O) groups excluding carboxylic acids is 1. The van der Waals surface area contributed by atoms with Gasteiger partial charge in [0, 0.05) is 18.2 Å². The number of aromatic nitrogens is 4. The lowest BCUT2D eigenvalue weighted by molar-refractivity contribution is -0.119. The lowest BCUT2D eigenvalue weighted by Gasteiger charge is -2.23. The lowest BCUT2D eigenvalue weighted by atomic mass is 9.78. The summed E-state index contributed by atoms with van der Waals surface area (Å²) in [4.78, 5) is 26.7. The molecule has 1 amide bonds. The Morgan fingerprint density at radius 3 is 2.46 bits per heavy atom. The van der Waals surface area contributed by atoms with Gasteiger partial charge in [0.1, 0.15) is 34.4 Å². The van der Waals surface area contributed by atoms with Crippen molar-refractivity contribution in [2.24, 2.45) is 0 Å². The number of anilines is 2. The van der Waals surface area contributed by atoms with Crippen molar-refractivity contribution in [3.63, 3.8) is 0 Å². The van der Waals surface area contributed by atoms with Crippen LogP contribution < -0.4 is 11.1 Å². The van der Waals surface area contributed by atoms with Crippen LogP contribution in [0.2, 0.25) is 0 Å². The molecule has 3 N–H and O–H groups in total. The van der Waals surface area contributed by atoms with E-state index in [9.17, 15) is 18.0 Å². The molecule has 0 saturated carbocycles. The molecule has 1 atom stereocenters. The van der Waals surface area contributed by atoms with Gasteiger partial charge in [-0.3, -0.25) is 4.79 Å². The molecule has 2 aromatic carbocycles. The molecule has 0 saturated heterocycles. The van der Waals surface area contributed by atoms with Crippen molar-refractivity contribution in [3.8, 4) is 11.5 Å². The number of benzene rings is 2. The van der Waals surface area contributed by atoms with Crippen molar-refractivity contribution in [1.29, 1.82) is 0 Å². The Morgan fingerprint density at radius 2 is 1.68 bits per heavy atom. The molecular weight excluding hydrogens is 481 g/mol. The summed E-state index contributed by atoms with van der Waals surface area (Å²) in [5.41, 5.74) is 6.90. The number of nitrogen functional groups attached to an aromatic ring is 1. The number of hydrogen-bond donors (Lipinski definition) is 2. The number of carbonyl (C=O) groups is 1. The number of pyridine rings is 1. The highest BCUT2D eigenvalue weighted by atomic mass is 19.2. The smallest absolute Gasteiger partial charge is 0.240 e. The average Bonchev–Trinajstić information content (AvgIpc) is 3.40. The third-order valence-electron chi connectivity index (χ3n) is 6.78. The molecular formula is C27H19F3N6O. The number of halogens is 3. The number of nitrogens with two attached hydrogens (primary N) is 1. The number of fused-ring (bicyclic) bond motifs is 2. The van der Waals surface area contributed by atoms with Crippen molar-refractivity contribution >= 4 is 23.1 Å². The first-order valence-corrected chi connectivity index (χ1v) is 11.4. The number of rotatable bonds is 4. The molecule has 6 rings (SSSR count). The molecule has 0 radical (unpaired) electrons. The summed E-state index contributed by atoms with van der Waals surface area (Å²) in [6.45, 7) is 1.76. The molecule has 10 heteroatoms. The van der Waals surface area contributed by atoms with Crippen LogP contribution in [-0.4, -0.2) is 25.3 Å². The first kappa shape index (κ1) is 22.7. The summed E-state index contributed by atoms with van der Waals surface area (Å²) in [7, 11) is 0. The second-order valence-electron chi connectivity index (χ2n) is 8.93. The van der Waals surface area contributed by atoms with E-state index in [1.165, 1.54) is 0 Å². The van der Waals surface area contributed by atoms with Gasteiger partial charge < -0.3 is 15.5 Å². The Kier molecular flexibility index (Phi) is 5.01. The molecule has 0 aliphatic carbocycles. The molecule has 0 fully saturated rings. The fourth-order valence-electron chi connectivity index (χ4n) is 4.84. The van der Waals surface area contributed by atoms with Crippen LogP contribution in [-0.2, 0) is 16.6 Å². The molecule has 1 aliphatic heterocycles. The maximum Gasteiger partial charge on any atom is 0.240 e. The zero-order valence-corrected chi connectivity index (χ0v) is 19.5. The minimum atomic E-state index is -1.27. The van der Waals surface area contributed by atoms with Gasteiger partial charge in [-0.15, -0.1) is 0 Å². The Balaban J connectivity index is 1.49. The maximum atomic E-state index is 14.4. The van der Waals surface area contributed by atoms with E-state index < -0.39 is 28.4 Å². The van der Waals surface area contributed by atoms with Crippen LogP contribution in [0.4, 0.5) is 24.8 Å². The highest BCUT2D eigenvalue weighted by molar-refractivity contribution is 6.09. The number of hydrogen-bond acceptors (Lipinski definition) is 5. The van der Waals surface area contributed by atoms with Gasteiger partial charge in [0.2, 0.25) is 5.91 Å². The Morgan fingerprint density at radius 1 is 0.946 bits per heavy atom. The third kappa shape index (κ3) is 3.36. The SMILES string of the molecule is CC1(c2ccccc2)C(=O)Nc2nc(-c3nc(Cc4c(F)ccc(F)c4F)n4ccccc34)nc(N)c21. The van der Waals surface area contributed by atoms with Gasteiger partial charge in [0.15, 0.2) is 17.5 Å². The largest absolute Gasteiger partial charge is 0.383 e. The topological polar surface area (TPSA) is 98.2 Å². The van der Waals surface area contributed by atoms with Crippen LogP contribution >= 0.6 is 0 Å². The Hall–Kier alpha value is -4.73. The lowest BCUT2D eigenvalue weighted by Crippen LogP contribution is -2.32. The van der Waals surface area contributed by atoms with Gasteiger partial charge in [-0.05, 0) is 36.8 Å². The molecule has 5 aromatic rings. The van der Waals surface area contributed by atoms with Gasteiger partial charge in [-0.25, -0.2) is 28.1 Å². The summed E-state index contributed by atoms with van der Waals surface area (Å²) in [6.07, 6.45) is 1.35. The van der Waals surface area contributed by atoms with E-state index in [4.69, 9.17) is 5.73 Å². The number of nitrogens with one attached hydrogen (secondary N) is 1. The van der Waals surface area contributed by atoms with Crippen molar-refractivity contribution in [2.45, 2.75) is 18.8 Å². The van der Waals surface area contributed by atoms with Crippen LogP contribution in [0.1, 0.15) is 29.4 Å². The first-order chi connectivity index (χ1) is 17.8. The number of nitrogens with zero attached hydrogens (tertiary/aromatic N) is 4. The Bertz CT molecular complexity index is 1720. The second-order valence-corrected chi connectivity index (χ2v) is 8.93. The van der Waals surface area contributed by atoms with E-state index in [0.717, 1.165) is 17.7 Å². The van der Waals surface area contributed by atoms with Gasteiger partial charge in [0.05, 0.1) is 11.1 Å². The third-order valence-corrected chi connectivity index (χ3v) is 6.78. The monoisotopic (exact) mass is 500 g/mol. The fraction of sp³-hybridized carbons (Fsp3) is 0.111. The van der Waals surface area contributed by atoms with Crippen LogP contribution in [0.3, 0.4) is 0 Å². The summed E-state index contributed by atoms with van der Waals surface area (Å²) < 4.78 is 44.2. The summed E-state index contributed by atoms with van der Waals surface area (Å²) in [5, 5.41) is 2.81. The molecule has 1 unspecified atom stereocenters. The zero-order chi connectivity index (χ0) is 25.9. The molecule has 37 heavy (non-hydrogen) atoms. The predicted octanol–water partition coefficient (Wildman–Crippen LogP) is 4.64. The molecule has 7 nitrogen and oxygen atoms in total. The van der Waals surface area contributed by atoms with E-state index in [2.05, 4.69) is 20.3 Å². The van der Waals surface area contributed by atoms with Crippen molar-refractivity contribution < 1.29 is 18.0 Å². The fourth-order valence-corrected chi connectivity index (χ4v) is 4.84. The molecule has 4 heterocycles. The minimum absolute atomic E-state index is 0.102. The molecule has 0 bridgehead atoms. The van der Waals surface area contributed by atoms with Crippen molar-refractivity contribution in [3.05, 3.63) is 107 Å². The van der Waals surface area contributed by atoms with Crippen LogP contribution in [0.5, 0.6) is 0 Å². The summed E-state index contributed by atoms with van der Waals surface area (Å²) >= 11 is 0. The van der Waals surface area contributed by atoms with Crippen molar-refractivity contribution in [1.82, 2.24) is 19.4 Å². The highest BCUT2D eigenvalue weighted by Gasteiger charge is 2.47. The van der Waals surface area contributed by atoms with E-state index in [0.29, 0.717) is 16.8 Å². The summed E-state index contributed by atoms with van der Waals surface area (Å²) in [6, 6.07) is 16.0. The second kappa shape index (κ2) is 8.16. The predicted molar refractivity (Wildman–Crippen MR) is 131 cm³/mol. The summed E-state index contributed by atoms with van der Waals surface area (Å²) in [5.74, 6) is -2.85. The van der Waals surface area contributed by atoms with Crippen LogP contribution in [0, 0.1) is 17.5 Å². The van der Waals surface area contributed by atoms with E-state index in [-0.39, 0.29) is 35.6 Å². The van der Waals surface area contributed by atoms with Gasteiger partial charge in [0.25, 0.3) is 0 Å². The normalized spacial score (nSPS) is 16.7. The van der Waals surface area contributed by atoms with Crippen LogP contribution in [0.25, 0.3) is 17.0 Å².